The number of carbonyl (C=O) groups is 1. The van der Waals surface area contributed by atoms with Crippen molar-refractivity contribution < 1.29 is 19.4 Å². The van der Waals surface area contributed by atoms with Crippen molar-refractivity contribution in [1.82, 2.24) is 4.90 Å². The summed E-state index contributed by atoms with van der Waals surface area (Å²) in [7, 11) is 0. The van der Waals surface area contributed by atoms with Gasteiger partial charge in [-0.25, -0.2) is 0 Å². The van der Waals surface area contributed by atoms with Gasteiger partial charge in [0.25, 0.3) is 0 Å². The number of benzene rings is 1. The second-order valence-corrected chi connectivity index (χ2v) is 5.65. The molecule has 0 saturated heterocycles. The molecular formula is C17H25NO4. The van der Waals surface area contributed by atoms with E-state index >= 15 is 0 Å². The molecule has 1 saturated carbocycles. The summed E-state index contributed by atoms with van der Waals surface area (Å²) in [5, 5.41) is 9.15. The van der Waals surface area contributed by atoms with E-state index < -0.39 is 12.0 Å². The van der Waals surface area contributed by atoms with Gasteiger partial charge in [-0.1, -0.05) is 6.92 Å². The van der Waals surface area contributed by atoms with Crippen molar-refractivity contribution in [1.29, 1.82) is 0 Å². The normalized spacial score (nSPS) is 15.6. The van der Waals surface area contributed by atoms with Crippen molar-refractivity contribution in [2.75, 3.05) is 19.8 Å². The second kappa shape index (κ2) is 8.03. The van der Waals surface area contributed by atoms with E-state index in [-0.39, 0.29) is 0 Å². The zero-order chi connectivity index (χ0) is 15.9. The molecule has 1 aliphatic carbocycles. The summed E-state index contributed by atoms with van der Waals surface area (Å²) in [5.74, 6) is 0.847. The lowest BCUT2D eigenvalue weighted by atomic mass is 10.2. The molecule has 1 aliphatic rings. The molecule has 22 heavy (non-hydrogen) atoms. The molecule has 0 heterocycles. The van der Waals surface area contributed by atoms with Crippen LogP contribution in [-0.2, 0) is 4.79 Å². The van der Waals surface area contributed by atoms with Gasteiger partial charge in [0, 0.05) is 12.6 Å². The summed E-state index contributed by atoms with van der Waals surface area (Å²) < 4.78 is 11.2. The van der Waals surface area contributed by atoms with Crippen molar-refractivity contribution in [3.8, 4) is 11.5 Å². The van der Waals surface area contributed by atoms with E-state index in [0.717, 1.165) is 30.8 Å². The topological polar surface area (TPSA) is 59.0 Å². The first-order valence-electron chi connectivity index (χ1n) is 7.96. The molecule has 2 rings (SSSR count). The molecule has 0 spiro atoms. The van der Waals surface area contributed by atoms with Crippen LogP contribution in [0.2, 0.25) is 0 Å². The molecule has 0 aromatic heterocycles. The summed E-state index contributed by atoms with van der Waals surface area (Å²) in [5.41, 5.74) is 0. The van der Waals surface area contributed by atoms with Crippen molar-refractivity contribution in [2.45, 2.75) is 45.2 Å². The summed E-state index contributed by atoms with van der Waals surface area (Å²) in [6, 6.07) is 7.49. The molecule has 1 aromatic carbocycles. The average Bonchev–Trinajstić information content (AvgIpc) is 3.34. The van der Waals surface area contributed by atoms with Crippen LogP contribution >= 0.6 is 0 Å². The lowest BCUT2D eigenvalue weighted by Gasteiger charge is -2.25. The Morgan fingerprint density at radius 1 is 1.23 bits per heavy atom. The van der Waals surface area contributed by atoms with Gasteiger partial charge in [0.1, 0.15) is 24.1 Å². The van der Waals surface area contributed by atoms with Gasteiger partial charge >= 0.3 is 5.97 Å². The highest BCUT2D eigenvalue weighted by Crippen LogP contribution is 2.28. The van der Waals surface area contributed by atoms with Crippen LogP contribution in [0, 0.1) is 0 Å². The molecule has 1 aromatic rings. The molecule has 5 heteroatoms. The second-order valence-electron chi connectivity index (χ2n) is 5.65. The molecule has 1 unspecified atom stereocenters. The zero-order valence-corrected chi connectivity index (χ0v) is 13.3. The van der Waals surface area contributed by atoms with Crippen molar-refractivity contribution >= 4 is 5.97 Å². The third-order valence-corrected chi connectivity index (χ3v) is 3.79. The Balaban J connectivity index is 1.78. The fourth-order valence-electron chi connectivity index (χ4n) is 2.36. The number of ether oxygens (including phenoxy) is 2. The van der Waals surface area contributed by atoms with Gasteiger partial charge in [-0.3, -0.25) is 9.69 Å². The maximum atomic E-state index is 11.1. The van der Waals surface area contributed by atoms with Crippen LogP contribution in [0.5, 0.6) is 11.5 Å². The average molecular weight is 307 g/mol. The first-order valence-corrected chi connectivity index (χ1v) is 7.96. The monoisotopic (exact) mass is 307 g/mol. The summed E-state index contributed by atoms with van der Waals surface area (Å²) in [6.07, 6.45) is 3.15. The minimum Gasteiger partial charge on any atom is -0.494 e. The Morgan fingerprint density at radius 2 is 1.77 bits per heavy atom. The maximum absolute atomic E-state index is 11.1. The fraction of sp³-hybridized carbons (Fsp3) is 0.588. The molecule has 0 amide bonds. The summed E-state index contributed by atoms with van der Waals surface area (Å²) in [4.78, 5) is 13.1. The Bertz CT molecular complexity index is 470. The van der Waals surface area contributed by atoms with Crippen LogP contribution in [0.4, 0.5) is 0 Å². The van der Waals surface area contributed by atoms with Gasteiger partial charge in [0.2, 0.25) is 0 Å². The zero-order valence-electron chi connectivity index (χ0n) is 13.3. The molecule has 0 bridgehead atoms. The summed E-state index contributed by atoms with van der Waals surface area (Å²) in [6.45, 7) is 5.64. The van der Waals surface area contributed by atoms with Gasteiger partial charge in [0.15, 0.2) is 0 Å². The van der Waals surface area contributed by atoms with Crippen LogP contribution in [0.1, 0.15) is 33.1 Å². The van der Waals surface area contributed by atoms with E-state index in [1.165, 1.54) is 0 Å². The van der Waals surface area contributed by atoms with Gasteiger partial charge in [-0.15, -0.1) is 0 Å². The van der Waals surface area contributed by atoms with E-state index in [0.29, 0.717) is 25.8 Å². The van der Waals surface area contributed by atoms with Crippen LogP contribution in [0.3, 0.4) is 0 Å². The standard InChI is InChI=1S/C17H25NO4/c1-3-11-21-15-6-8-16(9-7-15)22-12-10-18(14-4-5-14)13(2)17(19)20/h6-9,13-14H,3-5,10-12H2,1-2H3,(H,19,20). The number of nitrogens with zero attached hydrogens (tertiary/aromatic N) is 1. The molecule has 1 atom stereocenters. The third kappa shape index (κ3) is 4.91. The van der Waals surface area contributed by atoms with Crippen LogP contribution in [0.25, 0.3) is 0 Å². The number of aliphatic carboxylic acids is 1. The smallest absolute Gasteiger partial charge is 0.320 e. The van der Waals surface area contributed by atoms with Crippen LogP contribution in [-0.4, -0.2) is 47.8 Å². The van der Waals surface area contributed by atoms with Crippen molar-refractivity contribution in [3.05, 3.63) is 24.3 Å². The predicted molar refractivity (Wildman–Crippen MR) is 84.5 cm³/mol. The molecular weight excluding hydrogens is 282 g/mol. The van der Waals surface area contributed by atoms with Crippen LogP contribution < -0.4 is 9.47 Å². The summed E-state index contributed by atoms with van der Waals surface area (Å²) >= 11 is 0. The van der Waals surface area contributed by atoms with Crippen molar-refractivity contribution in [2.24, 2.45) is 0 Å². The number of carboxylic acids is 1. The van der Waals surface area contributed by atoms with Crippen molar-refractivity contribution in [3.63, 3.8) is 0 Å². The Hall–Kier alpha value is -1.75. The molecule has 122 valence electrons. The van der Waals surface area contributed by atoms with Gasteiger partial charge in [0.05, 0.1) is 6.61 Å². The molecule has 1 N–H and O–H groups in total. The Labute approximate surface area is 131 Å². The first-order chi connectivity index (χ1) is 10.6. The predicted octanol–water partition coefficient (Wildman–Crippen LogP) is 2.79. The van der Waals surface area contributed by atoms with E-state index in [4.69, 9.17) is 14.6 Å². The van der Waals surface area contributed by atoms with Crippen LogP contribution in [0.15, 0.2) is 24.3 Å². The first kappa shape index (κ1) is 16.6. The Morgan fingerprint density at radius 3 is 2.23 bits per heavy atom. The van der Waals surface area contributed by atoms with E-state index in [2.05, 4.69) is 6.92 Å². The maximum Gasteiger partial charge on any atom is 0.320 e. The highest BCUT2D eigenvalue weighted by molar-refractivity contribution is 5.73. The molecule has 0 radical (unpaired) electrons. The van der Waals surface area contributed by atoms with E-state index in [1.54, 1.807) is 6.92 Å². The fourth-order valence-corrected chi connectivity index (χ4v) is 2.36. The lowest BCUT2D eigenvalue weighted by Crippen LogP contribution is -2.42. The van der Waals surface area contributed by atoms with Gasteiger partial charge in [-0.05, 0) is 50.5 Å². The van der Waals surface area contributed by atoms with Gasteiger partial charge < -0.3 is 14.6 Å². The minimum atomic E-state index is -0.774. The molecule has 1 fully saturated rings. The van der Waals surface area contributed by atoms with E-state index in [9.17, 15) is 4.79 Å². The number of carboxylic acid groups (broad SMARTS) is 1. The molecule has 5 nitrogen and oxygen atoms in total. The quantitative estimate of drug-likeness (QED) is 0.720. The SMILES string of the molecule is CCCOc1ccc(OCCN(C2CC2)C(C)C(=O)O)cc1. The van der Waals surface area contributed by atoms with Gasteiger partial charge in [-0.2, -0.15) is 0 Å². The lowest BCUT2D eigenvalue weighted by molar-refractivity contribution is -0.143. The third-order valence-electron chi connectivity index (χ3n) is 3.79. The number of hydrogen-bond acceptors (Lipinski definition) is 4. The largest absolute Gasteiger partial charge is 0.494 e. The highest BCUT2D eigenvalue weighted by atomic mass is 16.5. The number of hydrogen-bond donors (Lipinski definition) is 1. The number of rotatable bonds is 10. The van der Waals surface area contributed by atoms with E-state index in [1.807, 2.05) is 29.2 Å². The Kier molecular flexibility index (Phi) is 6.07. The molecule has 0 aliphatic heterocycles. The highest BCUT2D eigenvalue weighted by Gasteiger charge is 2.34. The minimum absolute atomic E-state index is 0.402.